The molecule has 0 aliphatic heterocycles. The molecule has 0 saturated heterocycles. The highest BCUT2D eigenvalue weighted by molar-refractivity contribution is 6.31. The topological polar surface area (TPSA) is 29.5 Å². The van der Waals surface area contributed by atoms with Crippen molar-refractivity contribution in [3.63, 3.8) is 0 Å². The smallest absolute Gasteiger partial charge is 0.257 e. The largest absolute Gasteiger partial charge is 0.496 e. The summed E-state index contributed by atoms with van der Waals surface area (Å²) in [6.45, 7) is 3.80. The second-order valence-corrected chi connectivity index (χ2v) is 5.36. The fourth-order valence-electron chi connectivity index (χ4n) is 1.39. The van der Waals surface area contributed by atoms with E-state index in [0.717, 1.165) is 0 Å². The van der Waals surface area contributed by atoms with Crippen LogP contribution in [-0.2, 0) is 0 Å². The zero-order valence-electron chi connectivity index (χ0n) is 11.0. The first-order valence-corrected chi connectivity index (χ1v) is 6.42. The van der Waals surface area contributed by atoms with Crippen LogP contribution < -0.4 is 4.74 Å². The van der Waals surface area contributed by atoms with E-state index in [0.29, 0.717) is 22.2 Å². The summed E-state index contributed by atoms with van der Waals surface area (Å²) >= 11 is 11.8. The molecule has 0 radical (unpaired) electrons. The lowest BCUT2D eigenvalue weighted by molar-refractivity contribution is 0.0657. The van der Waals surface area contributed by atoms with E-state index in [1.807, 2.05) is 13.8 Å². The number of amides is 1. The molecule has 0 fully saturated rings. The molecule has 0 aliphatic rings. The van der Waals surface area contributed by atoms with Gasteiger partial charge in [0.1, 0.15) is 5.75 Å². The van der Waals surface area contributed by atoms with Gasteiger partial charge in [-0.15, -0.1) is 11.6 Å². The van der Waals surface area contributed by atoms with E-state index < -0.39 is 5.54 Å². The van der Waals surface area contributed by atoms with Gasteiger partial charge < -0.3 is 9.64 Å². The lowest BCUT2D eigenvalue weighted by Crippen LogP contribution is -2.46. The summed E-state index contributed by atoms with van der Waals surface area (Å²) in [5, 5.41) is 0.497. The Balaban J connectivity index is 3.14. The molecule has 0 saturated carbocycles. The van der Waals surface area contributed by atoms with Gasteiger partial charge in [-0.2, -0.15) is 0 Å². The third kappa shape index (κ3) is 3.09. The molecule has 0 spiro atoms. The first kappa shape index (κ1) is 15.1. The predicted octanol–water partition coefficient (Wildman–Crippen LogP) is 3.44. The van der Waals surface area contributed by atoms with Gasteiger partial charge >= 0.3 is 0 Å². The Kier molecular flexibility index (Phi) is 4.88. The Morgan fingerprint density at radius 1 is 1.44 bits per heavy atom. The Morgan fingerprint density at radius 3 is 2.56 bits per heavy atom. The summed E-state index contributed by atoms with van der Waals surface area (Å²) in [4.78, 5) is 14.0. The van der Waals surface area contributed by atoms with E-state index in [1.54, 1.807) is 30.1 Å². The molecule has 0 heterocycles. The zero-order chi connectivity index (χ0) is 13.9. The van der Waals surface area contributed by atoms with Crippen LogP contribution in [0, 0.1) is 0 Å². The van der Waals surface area contributed by atoms with Gasteiger partial charge in [-0.25, -0.2) is 0 Å². The van der Waals surface area contributed by atoms with Gasteiger partial charge in [0.05, 0.1) is 18.2 Å². The monoisotopic (exact) mass is 289 g/mol. The second kappa shape index (κ2) is 5.81. The lowest BCUT2D eigenvalue weighted by atomic mass is 10.0. The minimum atomic E-state index is -0.439. The van der Waals surface area contributed by atoms with E-state index in [9.17, 15) is 4.79 Å². The Bertz CT molecular complexity index is 447. The molecule has 0 bridgehead atoms. The average Bonchev–Trinajstić information content (AvgIpc) is 2.36. The molecule has 0 aromatic heterocycles. The van der Waals surface area contributed by atoms with Crippen LogP contribution >= 0.6 is 23.2 Å². The molecule has 1 aromatic carbocycles. The van der Waals surface area contributed by atoms with Gasteiger partial charge in [0.25, 0.3) is 5.91 Å². The number of hydrogen-bond acceptors (Lipinski definition) is 2. The number of methoxy groups -OCH3 is 1. The molecule has 5 heteroatoms. The van der Waals surface area contributed by atoms with Crippen molar-refractivity contribution in [3.05, 3.63) is 28.8 Å². The van der Waals surface area contributed by atoms with Crippen LogP contribution in [0.15, 0.2) is 18.2 Å². The quantitative estimate of drug-likeness (QED) is 0.795. The summed E-state index contributed by atoms with van der Waals surface area (Å²) < 4.78 is 5.18. The van der Waals surface area contributed by atoms with Crippen LogP contribution in [0.3, 0.4) is 0 Å². The van der Waals surface area contributed by atoms with E-state index in [1.165, 1.54) is 7.11 Å². The van der Waals surface area contributed by atoms with E-state index in [-0.39, 0.29) is 5.91 Å². The van der Waals surface area contributed by atoms with Crippen molar-refractivity contribution >= 4 is 29.1 Å². The summed E-state index contributed by atoms with van der Waals surface area (Å²) in [7, 11) is 3.23. The van der Waals surface area contributed by atoms with Crippen LogP contribution in [0.4, 0.5) is 0 Å². The first-order valence-electron chi connectivity index (χ1n) is 5.51. The molecule has 0 aliphatic carbocycles. The van der Waals surface area contributed by atoms with Gasteiger partial charge in [-0.05, 0) is 32.0 Å². The zero-order valence-corrected chi connectivity index (χ0v) is 12.5. The number of rotatable bonds is 4. The Labute approximate surface area is 118 Å². The SMILES string of the molecule is COc1ccc(Cl)cc1C(=O)N(C)C(C)(C)CCl. The summed E-state index contributed by atoms with van der Waals surface area (Å²) in [6.07, 6.45) is 0. The third-order valence-corrected chi connectivity index (χ3v) is 3.82. The molecule has 18 heavy (non-hydrogen) atoms. The number of carbonyl (C=O) groups excluding carboxylic acids is 1. The van der Waals surface area contributed by atoms with E-state index in [4.69, 9.17) is 27.9 Å². The van der Waals surface area contributed by atoms with Crippen molar-refractivity contribution in [1.82, 2.24) is 4.90 Å². The molecule has 1 rings (SSSR count). The van der Waals surface area contributed by atoms with Crippen LogP contribution in [0.5, 0.6) is 5.75 Å². The lowest BCUT2D eigenvalue weighted by Gasteiger charge is -2.34. The summed E-state index contributed by atoms with van der Waals surface area (Å²) in [5.41, 5.74) is -0.00270. The van der Waals surface area contributed by atoms with Crippen molar-refractivity contribution in [1.29, 1.82) is 0 Å². The first-order chi connectivity index (χ1) is 8.33. The molecule has 3 nitrogen and oxygen atoms in total. The van der Waals surface area contributed by atoms with Gasteiger partial charge in [-0.1, -0.05) is 11.6 Å². The highest BCUT2D eigenvalue weighted by Gasteiger charge is 2.29. The van der Waals surface area contributed by atoms with Crippen molar-refractivity contribution < 1.29 is 9.53 Å². The summed E-state index contributed by atoms with van der Waals surface area (Å²) in [5.74, 6) is 0.680. The predicted molar refractivity (Wildman–Crippen MR) is 74.9 cm³/mol. The van der Waals surface area contributed by atoms with Crippen molar-refractivity contribution in [2.45, 2.75) is 19.4 Å². The van der Waals surface area contributed by atoms with Crippen LogP contribution in [-0.4, -0.2) is 36.4 Å². The van der Waals surface area contributed by atoms with Crippen molar-refractivity contribution in [2.75, 3.05) is 20.0 Å². The molecule has 1 aromatic rings. The molecule has 0 atom stereocenters. The minimum absolute atomic E-state index is 0.167. The molecule has 1 amide bonds. The molecule has 0 unspecified atom stereocenters. The Hall–Kier alpha value is -0.930. The minimum Gasteiger partial charge on any atom is -0.496 e. The number of halogens is 2. The normalized spacial score (nSPS) is 11.2. The van der Waals surface area contributed by atoms with Gasteiger partial charge in [-0.3, -0.25) is 4.79 Å². The highest BCUT2D eigenvalue weighted by atomic mass is 35.5. The molecule has 0 N–H and O–H groups in total. The van der Waals surface area contributed by atoms with E-state index >= 15 is 0 Å². The number of alkyl halides is 1. The maximum absolute atomic E-state index is 12.4. The van der Waals surface area contributed by atoms with Crippen LogP contribution in [0.1, 0.15) is 24.2 Å². The number of nitrogens with zero attached hydrogens (tertiary/aromatic N) is 1. The highest BCUT2D eigenvalue weighted by Crippen LogP contribution is 2.26. The number of hydrogen-bond donors (Lipinski definition) is 0. The Morgan fingerprint density at radius 2 is 2.06 bits per heavy atom. The standard InChI is InChI=1S/C13H17Cl2NO2/c1-13(2,8-14)16(3)12(17)10-7-9(15)5-6-11(10)18-4/h5-7H,8H2,1-4H3. The third-order valence-electron chi connectivity index (χ3n) is 2.93. The average molecular weight is 290 g/mol. The van der Waals surface area contributed by atoms with Gasteiger partial charge in [0.15, 0.2) is 0 Å². The molecule has 100 valence electrons. The van der Waals surface area contributed by atoms with E-state index in [2.05, 4.69) is 0 Å². The number of benzene rings is 1. The molecular weight excluding hydrogens is 273 g/mol. The van der Waals surface area contributed by atoms with Crippen LogP contribution in [0.25, 0.3) is 0 Å². The van der Waals surface area contributed by atoms with Crippen molar-refractivity contribution in [2.24, 2.45) is 0 Å². The maximum atomic E-state index is 12.4. The molecular formula is C13H17Cl2NO2. The van der Waals surface area contributed by atoms with Crippen molar-refractivity contribution in [3.8, 4) is 5.75 Å². The number of ether oxygens (including phenoxy) is 1. The van der Waals surface area contributed by atoms with Crippen LogP contribution in [0.2, 0.25) is 5.02 Å². The fraction of sp³-hybridized carbons (Fsp3) is 0.462. The summed E-state index contributed by atoms with van der Waals surface area (Å²) in [6, 6.07) is 4.96. The van der Waals surface area contributed by atoms with Gasteiger partial charge in [0.2, 0.25) is 0 Å². The fourth-order valence-corrected chi connectivity index (χ4v) is 1.74. The second-order valence-electron chi connectivity index (χ2n) is 4.65. The maximum Gasteiger partial charge on any atom is 0.257 e. The van der Waals surface area contributed by atoms with Gasteiger partial charge in [0, 0.05) is 18.0 Å². The number of carbonyl (C=O) groups is 1.